The molecule has 0 aliphatic heterocycles. The van der Waals surface area contributed by atoms with E-state index >= 15 is 0 Å². The van der Waals surface area contributed by atoms with E-state index in [1.54, 1.807) is 6.07 Å². The number of terminal acetylenes is 1. The summed E-state index contributed by atoms with van der Waals surface area (Å²) in [5.74, 6) is 3.93. The summed E-state index contributed by atoms with van der Waals surface area (Å²) in [6.45, 7) is 4.14. The maximum atomic E-state index is 12.2. The van der Waals surface area contributed by atoms with Crippen LogP contribution in [0.5, 0.6) is 5.75 Å². The highest BCUT2D eigenvalue weighted by Crippen LogP contribution is 2.18. The van der Waals surface area contributed by atoms with Crippen LogP contribution in [0.4, 0.5) is 5.69 Å². The number of nitrogens with one attached hydrogen (secondary N) is 1. The van der Waals surface area contributed by atoms with Gasteiger partial charge in [0.05, 0.1) is 17.7 Å². The van der Waals surface area contributed by atoms with Crippen LogP contribution in [0, 0.1) is 26.2 Å². The third-order valence-corrected chi connectivity index (χ3v) is 4.17. The number of hydrogen-bond donors (Lipinski definition) is 1. The molecule has 1 aromatic heterocycles. The van der Waals surface area contributed by atoms with Crippen LogP contribution < -0.4 is 10.1 Å². The first-order chi connectivity index (χ1) is 13.0. The number of carbonyl (C=O) groups is 1. The Hall–Kier alpha value is -3.52. The van der Waals surface area contributed by atoms with Crippen molar-refractivity contribution in [1.82, 2.24) is 5.16 Å². The van der Waals surface area contributed by atoms with E-state index in [1.165, 1.54) is 0 Å². The van der Waals surface area contributed by atoms with Crippen molar-refractivity contribution in [2.24, 2.45) is 0 Å². The van der Waals surface area contributed by atoms with Gasteiger partial charge in [-0.3, -0.25) is 4.79 Å². The second-order valence-electron chi connectivity index (χ2n) is 6.19. The number of hydrogen-bond acceptors (Lipinski definition) is 4. The molecule has 5 heteroatoms. The molecule has 0 radical (unpaired) electrons. The Morgan fingerprint density at radius 2 is 2.00 bits per heavy atom. The Morgan fingerprint density at radius 1 is 1.22 bits per heavy atom. The number of amides is 1. The molecule has 3 aromatic rings. The van der Waals surface area contributed by atoms with E-state index in [4.69, 9.17) is 15.7 Å². The Kier molecular flexibility index (Phi) is 5.58. The van der Waals surface area contributed by atoms with Crippen LogP contribution in [0.2, 0.25) is 0 Å². The van der Waals surface area contributed by atoms with Crippen LogP contribution in [-0.2, 0) is 17.8 Å². The molecular formula is C22H20N2O3. The number of aromatic nitrogens is 1. The van der Waals surface area contributed by atoms with Gasteiger partial charge in [-0.25, -0.2) is 0 Å². The summed E-state index contributed by atoms with van der Waals surface area (Å²) in [6.07, 6.45) is 5.64. The fourth-order valence-corrected chi connectivity index (χ4v) is 2.64. The summed E-state index contributed by atoms with van der Waals surface area (Å²) in [6, 6.07) is 14.7. The molecule has 0 spiro atoms. The van der Waals surface area contributed by atoms with Crippen molar-refractivity contribution in [2.45, 2.75) is 26.9 Å². The molecule has 0 saturated carbocycles. The van der Waals surface area contributed by atoms with Gasteiger partial charge in [-0.1, -0.05) is 29.3 Å². The second kappa shape index (κ2) is 8.24. The lowest BCUT2D eigenvalue weighted by molar-refractivity contribution is -0.115. The summed E-state index contributed by atoms with van der Waals surface area (Å²) in [7, 11) is 0. The summed E-state index contributed by atoms with van der Waals surface area (Å²) in [4.78, 5) is 12.2. The predicted molar refractivity (Wildman–Crippen MR) is 103 cm³/mol. The number of anilines is 1. The molecule has 0 bridgehead atoms. The average molecular weight is 360 g/mol. The van der Waals surface area contributed by atoms with Gasteiger partial charge in [0.2, 0.25) is 5.91 Å². The molecule has 1 N–H and O–H groups in total. The number of rotatable bonds is 6. The Labute approximate surface area is 158 Å². The topological polar surface area (TPSA) is 64.4 Å². The highest BCUT2D eigenvalue weighted by Gasteiger charge is 2.10. The lowest BCUT2D eigenvalue weighted by Crippen LogP contribution is -2.14. The third kappa shape index (κ3) is 4.77. The van der Waals surface area contributed by atoms with E-state index in [9.17, 15) is 4.79 Å². The zero-order valence-electron chi connectivity index (χ0n) is 15.3. The summed E-state index contributed by atoms with van der Waals surface area (Å²) in [5, 5.41) is 6.76. The molecule has 1 amide bonds. The van der Waals surface area contributed by atoms with E-state index in [-0.39, 0.29) is 12.3 Å². The van der Waals surface area contributed by atoms with Crippen LogP contribution in [0.25, 0.3) is 0 Å². The average Bonchev–Trinajstić information content (AvgIpc) is 2.99. The minimum Gasteiger partial charge on any atom is -0.489 e. The van der Waals surface area contributed by atoms with Crippen LogP contribution in [0.15, 0.2) is 53.1 Å². The van der Waals surface area contributed by atoms with Gasteiger partial charge in [-0.2, -0.15) is 0 Å². The molecule has 0 aliphatic rings. The van der Waals surface area contributed by atoms with Crippen molar-refractivity contribution >= 4 is 11.6 Å². The predicted octanol–water partition coefficient (Wildman–Crippen LogP) is 4.03. The van der Waals surface area contributed by atoms with E-state index in [2.05, 4.69) is 16.4 Å². The molecule has 27 heavy (non-hydrogen) atoms. The van der Waals surface area contributed by atoms with E-state index < -0.39 is 0 Å². The van der Waals surface area contributed by atoms with Gasteiger partial charge in [0.1, 0.15) is 18.1 Å². The van der Waals surface area contributed by atoms with Crippen molar-refractivity contribution in [2.75, 3.05) is 5.32 Å². The third-order valence-electron chi connectivity index (χ3n) is 4.17. The lowest BCUT2D eigenvalue weighted by atomic mass is 10.1. The Bertz CT molecular complexity index is 962. The van der Waals surface area contributed by atoms with Gasteiger partial charge in [-0.05, 0) is 49.7 Å². The Morgan fingerprint density at radius 3 is 2.67 bits per heavy atom. The zero-order chi connectivity index (χ0) is 19.2. The number of aryl methyl sites for hydroxylation is 2. The largest absolute Gasteiger partial charge is 0.489 e. The van der Waals surface area contributed by atoms with Crippen LogP contribution in [0.1, 0.15) is 28.1 Å². The van der Waals surface area contributed by atoms with Crippen molar-refractivity contribution in [3.63, 3.8) is 0 Å². The highest BCUT2D eigenvalue weighted by molar-refractivity contribution is 5.92. The maximum Gasteiger partial charge on any atom is 0.228 e. The number of carbonyl (C=O) groups excluding carboxylic acids is 1. The monoisotopic (exact) mass is 360 g/mol. The summed E-state index contributed by atoms with van der Waals surface area (Å²) >= 11 is 0. The van der Waals surface area contributed by atoms with Gasteiger partial charge in [0, 0.05) is 11.3 Å². The van der Waals surface area contributed by atoms with Gasteiger partial charge >= 0.3 is 0 Å². The first-order valence-electron chi connectivity index (χ1n) is 8.55. The van der Waals surface area contributed by atoms with Gasteiger partial charge in [0.15, 0.2) is 0 Å². The van der Waals surface area contributed by atoms with E-state index in [0.29, 0.717) is 12.3 Å². The maximum absolute atomic E-state index is 12.2. The van der Waals surface area contributed by atoms with Crippen molar-refractivity contribution < 1.29 is 14.1 Å². The number of benzene rings is 2. The molecule has 0 unspecified atom stereocenters. The SMILES string of the molecule is C#Cc1cccc(NC(=O)Cc2ccc(OCc3c(C)noc3C)cc2)c1. The van der Waals surface area contributed by atoms with Crippen LogP contribution in [-0.4, -0.2) is 11.1 Å². The molecule has 136 valence electrons. The molecule has 0 saturated heterocycles. The van der Waals surface area contributed by atoms with Crippen LogP contribution in [0.3, 0.4) is 0 Å². The number of ether oxygens (including phenoxy) is 1. The quantitative estimate of drug-likeness (QED) is 0.674. The minimum absolute atomic E-state index is 0.103. The molecule has 2 aromatic carbocycles. The van der Waals surface area contributed by atoms with Gasteiger partial charge in [-0.15, -0.1) is 6.42 Å². The smallest absolute Gasteiger partial charge is 0.228 e. The first-order valence-corrected chi connectivity index (χ1v) is 8.55. The molecule has 5 nitrogen and oxygen atoms in total. The second-order valence-corrected chi connectivity index (χ2v) is 6.19. The molecule has 1 heterocycles. The summed E-state index contributed by atoms with van der Waals surface area (Å²) in [5.41, 5.74) is 4.09. The van der Waals surface area contributed by atoms with E-state index in [1.807, 2.05) is 56.3 Å². The first kappa shape index (κ1) is 18.3. The lowest BCUT2D eigenvalue weighted by Gasteiger charge is -2.08. The normalized spacial score (nSPS) is 10.3. The fraction of sp³-hybridized carbons (Fsp3) is 0.182. The standard InChI is InChI=1S/C22H20N2O3/c1-4-17-6-5-7-19(12-17)23-22(25)13-18-8-10-20(11-9-18)26-14-21-15(2)24-27-16(21)3/h1,5-12H,13-14H2,2-3H3,(H,23,25). The van der Waals surface area contributed by atoms with E-state index in [0.717, 1.165) is 33.9 Å². The molecule has 3 rings (SSSR count). The highest BCUT2D eigenvalue weighted by atomic mass is 16.5. The zero-order valence-corrected chi connectivity index (χ0v) is 15.3. The van der Waals surface area contributed by atoms with Gasteiger partial charge in [0.25, 0.3) is 0 Å². The molecular weight excluding hydrogens is 340 g/mol. The van der Waals surface area contributed by atoms with Gasteiger partial charge < -0.3 is 14.6 Å². The van der Waals surface area contributed by atoms with Crippen LogP contribution >= 0.6 is 0 Å². The fourth-order valence-electron chi connectivity index (χ4n) is 2.64. The Balaban J connectivity index is 1.55. The van der Waals surface area contributed by atoms with Crippen molar-refractivity contribution in [3.05, 3.63) is 76.7 Å². The van der Waals surface area contributed by atoms with Crippen molar-refractivity contribution in [1.29, 1.82) is 0 Å². The summed E-state index contributed by atoms with van der Waals surface area (Å²) < 4.78 is 10.9. The molecule has 0 atom stereocenters. The number of nitrogens with zero attached hydrogens (tertiary/aromatic N) is 1. The molecule has 0 aliphatic carbocycles. The molecule has 0 fully saturated rings. The minimum atomic E-state index is -0.103. The van der Waals surface area contributed by atoms with Crippen molar-refractivity contribution in [3.8, 4) is 18.1 Å².